The van der Waals surface area contributed by atoms with Crippen LogP contribution in [0.4, 0.5) is 5.69 Å². The molecule has 5 heteroatoms. The van der Waals surface area contributed by atoms with Crippen molar-refractivity contribution in [1.29, 1.82) is 0 Å². The number of hydrogen-bond acceptors (Lipinski definition) is 4. The first-order valence-electron chi connectivity index (χ1n) is 6.40. The molecule has 1 heterocycles. The zero-order valence-electron chi connectivity index (χ0n) is 11.4. The number of hydrogen-bond donors (Lipinski definition) is 2. The van der Waals surface area contributed by atoms with Crippen LogP contribution < -0.4 is 15.8 Å². The van der Waals surface area contributed by atoms with Gasteiger partial charge in [-0.15, -0.1) is 0 Å². The number of nitrogens with two attached hydrogens (primary N) is 1. The number of nitrogen functional groups attached to an aromatic ring is 1. The summed E-state index contributed by atoms with van der Waals surface area (Å²) in [6.45, 7) is 2.87. The summed E-state index contributed by atoms with van der Waals surface area (Å²) in [6, 6.07) is 5.24. The van der Waals surface area contributed by atoms with Crippen LogP contribution in [0.15, 0.2) is 18.2 Å². The van der Waals surface area contributed by atoms with Gasteiger partial charge in [0.1, 0.15) is 5.75 Å². The van der Waals surface area contributed by atoms with E-state index in [1.165, 1.54) is 12.2 Å². The Bertz CT molecular complexity index is 471. The molecule has 0 saturated carbocycles. The van der Waals surface area contributed by atoms with Gasteiger partial charge in [0.25, 0.3) is 5.91 Å². The molecule has 0 bridgehead atoms. The fourth-order valence-corrected chi connectivity index (χ4v) is 3.50. The van der Waals surface area contributed by atoms with E-state index in [1.807, 2.05) is 11.8 Å². The number of amides is 1. The quantitative estimate of drug-likeness (QED) is 0.831. The average molecular weight is 280 g/mol. The van der Waals surface area contributed by atoms with E-state index in [0.717, 1.165) is 6.42 Å². The Morgan fingerprint density at radius 3 is 3.00 bits per heavy atom. The second-order valence-corrected chi connectivity index (χ2v) is 6.69. The molecule has 1 aromatic rings. The molecular formula is C14H20N2O2S. The summed E-state index contributed by atoms with van der Waals surface area (Å²) in [5.41, 5.74) is 6.79. The predicted octanol–water partition coefficient (Wildman–Crippen LogP) is 2.29. The number of methoxy groups -OCH3 is 1. The van der Waals surface area contributed by atoms with Crippen molar-refractivity contribution in [2.24, 2.45) is 0 Å². The van der Waals surface area contributed by atoms with Crippen molar-refractivity contribution in [2.75, 3.05) is 25.1 Å². The van der Waals surface area contributed by atoms with Gasteiger partial charge in [0.05, 0.1) is 18.4 Å². The van der Waals surface area contributed by atoms with Crippen LogP contribution in [0.1, 0.15) is 30.1 Å². The number of thioether (sulfide) groups is 1. The Morgan fingerprint density at radius 2 is 2.37 bits per heavy atom. The molecule has 2 rings (SSSR count). The SMILES string of the molecule is COc1cccc(C(=O)NCC2(C)CCCS2)c1N. The summed E-state index contributed by atoms with van der Waals surface area (Å²) in [5.74, 6) is 1.58. The molecule has 1 atom stereocenters. The monoisotopic (exact) mass is 280 g/mol. The third kappa shape index (κ3) is 3.15. The molecule has 1 aliphatic rings. The lowest BCUT2D eigenvalue weighted by molar-refractivity contribution is 0.0950. The van der Waals surface area contributed by atoms with E-state index < -0.39 is 0 Å². The smallest absolute Gasteiger partial charge is 0.253 e. The maximum absolute atomic E-state index is 12.2. The number of nitrogens with one attached hydrogen (secondary N) is 1. The maximum atomic E-state index is 12.2. The fourth-order valence-electron chi connectivity index (χ4n) is 2.26. The molecule has 1 aliphatic heterocycles. The van der Waals surface area contributed by atoms with Crippen molar-refractivity contribution in [2.45, 2.75) is 24.5 Å². The molecular weight excluding hydrogens is 260 g/mol. The first kappa shape index (κ1) is 14.1. The molecule has 1 unspecified atom stereocenters. The topological polar surface area (TPSA) is 64.3 Å². The molecule has 1 aromatic carbocycles. The lowest BCUT2D eigenvalue weighted by Gasteiger charge is -2.23. The highest BCUT2D eigenvalue weighted by molar-refractivity contribution is 8.00. The van der Waals surface area contributed by atoms with Crippen LogP contribution in [0.2, 0.25) is 0 Å². The highest BCUT2D eigenvalue weighted by Gasteiger charge is 2.30. The summed E-state index contributed by atoms with van der Waals surface area (Å²) < 4.78 is 5.28. The van der Waals surface area contributed by atoms with Crippen LogP contribution in [0, 0.1) is 0 Å². The average Bonchev–Trinajstić information content (AvgIpc) is 2.84. The largest absolute Gasteiger partial charge is 0.495 e. The van der Waals surface area contributed by atoms with Crippen LogP contribution in [0.25, 0.3) is 0 Å². The maximum Gasteiger partial charge on any atom is 0.253 e. The Morgan fingerprint density at radius 1 is 1.58 bits per heavy atom. The van der Waals surface area contributed by atoms with Gasteiger partial charge in [-0.05, 0) is 37.7 Å². The molecule has 0 radical (unpaired) electrons. The van der Waals surface area contributed by atoms with Gasteiger partial charge in [0, 0.05) is 11.3 Å². The molecule has 19 heavy (non-hydrogen) atoms. The normalized spacial score (nSPS) is 22.2. The molecule has 4 nitrogen and oxygen atoms in total. The van der Waals surface area contributed by atoms with E-state index in [9.17, 15) is 4.79 Å². The summed E-state index contributed by atoms with van der Waals surface area (Å²) in [5, 5.41) is 2.98. The molecule has 104 valence electrons. The van der Waals surface area contributed by atoms with Gasteiger partial charge in [0.15, 0.2) is 0 Å². The van der Waals surface area contributed by atoms with Gasteiger partial charge in [-0.25, -0.2) is 0 Å². The van der Waals surface area contributed by atoms with E-state index in [2.05, 4.69) is 12.2 Å². The predicted molar refractivity (Wildman–Crippen MR) is 79.8 cm³/mol. The summed E-state index contributed by atoms with van der Waals surface area (Å²) in [4.78, 5) is 12.2. The highest BCUT2D eigenvalue weighted by Crippen LogP contribution is 2.37. The van der Waals surface area contributed by atoms with Crippen molar-refractivity contribution in [1.82, 2.24) is 5.32 Å². The molecule has 1 fully saturated rings. The molecule has 0 aliphatic carbocycles. The number of benzene rings is 1. The van der Waals surface area contributed by atoms with Crippen LogP contribution >= 0.6 is 11.8 Å². The molecule has 0 spiro atoms. The molecule has 0 aromatic heterocycles. The number of rotatable bonds is 4. The summed E-state index contributed by atoms with van der Waals surface area (Å²) in [6.07, 6.45) is 2.36. The van der Waals surface area contributed by atoms with E-state index in [-0.39, 0.29) is 10.7 Å². The third-order valence-corrected chi connectivity index (χ3v) is 4.99. The number of carbonyl (C=O) groups is 1. The molecule has 1 saturated heterocycles. The van der Waals surface area contributed by atoms with E-state index in [0.29, 0.717) is 23.5 Å². The van der Waals surface area contributed by atoms with E-state index in [1.54, 1.807) is 25.3 Å². The highest BCUT2D eigenvalue weighted by atomic mass is 32.2. The number of ether oxygens (including phenoxy) is 1. The first-order chi connectivity index (χ1) is 9.06. The number of carbonyl (C=O) groups excluding carboxylic acids is 1. The fraction of sp³-hybridized carbons (Fsp3) is 0.500. The first-order valence-corrected chi connectivity index (χ1v) is 7.39. The van der Waals surface area contributed by atoms with Gasteiger partial charge in [-0.2, -0.15) is 11.8 Å². The minimum Gasteiger partial charge on any atom is -0.495 e. The van der Waals surface area contributed by atoms with Gasteiger partial charge in [0.2, 0.25) is 0 Å². The Balaban J connectivity index is 2.04. The zero-order chi connectivity index (χ0) is 13.9. The lowest BCUT2D eigenvalue weighted by Crippen LogP contribution is -2.37. The van der Waals surface area contributed by atoms with Crippen LogP contribution in [0.3, 0.4) is 0 Å². The number of para-hydroxylation sites is 1. The Hall–Kier alpha value is -1.36. The van der Waals surface area contributed by atoms with Crippen LogP contribution in [-0.2, 0) is 0 Å². The van der Waals surface area contributed by atoms with E-state index in [4.69, 9.17) is 10.5 Å². The third-order valence-electron chi connectivity index (χ3n) is 3.45. The van der Waals surface area contributed by atoms with Crippen LogP contribution in [-0.4, -0.2) is 30.1 Å². The summed E-state index contributed by atoms with van der Waals surface area (Å²) >= 11 is 1.92. The van der Waals surface area contributed by atoms with Gasteiger partial charge >= 0.3 is 0 Å². The Kier molecular flexibility index (Phi) is 4.24. The lowest BCUT2D eigenvalue weighted by atomic mass is 10.1. The summed E-state index contributed by atoms with van der Waals surface area (Å²) in [7, 11) is 1.55. The molecule has 3 N–H and O–H groups in total. The van der Waals surface area contributed by atoms with Crippen molar-refractivity contribution < 1.29 is 9.53 Å². The number of anilines is 1. The second kappa shape index (κ2) is 5.74. The van der Waals surface area contributed by atoms with Crippen molar-refractivity contribution in [3.05, 3.63) is 23.8 Å². The van der Waals surface area contributed by atoms with Crippen molar-refractivity contribution >= 4 is 23.4 Å². The molecule has 1 amide bonds. The van der Waals surface area contributed by atoms with Crippen molar-refractivity contribution in [3.8, 4) is 5.75 Å². The standard InChI is InChI=1S/C14H20N2O2S/c1-14(7-4-8-19-14)9-16-13(17)10-5-3-6-11(18-2)12(10)15/h3,5-6H,4,7-9,15H2,1-2H3,(H,16,17). The minimum atomic E-state index is -0.134. The second-order valence-electron chi connectivity index (χ2n) is 5.01. The van der Waals surface area contributed by atoms with Crippen molar-refractivity contribution in [3.63, 3.8) is 0 Å². The van der Waals surface area contributed by atoms with Gasteiger partial charge in [-0.3, -0.25) is 4.79 Å². The zero-order valence-corrected chi connectivity index (χ0v) is 12.2. The van der Waals surface area contributed by atoms with Gasteiger partial charge in [-0.1, -0.05) is 6.07 Å². The van der Waals surface area contributed by atoms with Gasteiger partial charge < -0.3 is 15.8 Å². The Labute approximate surface area is 118 Å². The van der Waals surface area contributed by atoms with Crippen LogP contribution in [0.5, 0.6) is 5.75 Å². The van der Waals surface area contributed by atoms with E-state index >= 15 is 0 Å². The minimum absolute atomic E-state index is 0.134.